The molecule has 0 aliphatic heterocycles. The Kier molecular flexibility index (Phi) is 9.90. The number of esters is 1. The van der Waals surface area contributed by atoms with Gasteiger partial charge in [-0.15, -0.1) is 0 Å². The topological polar surface area (TPSA) is 92.1 Å². The molecule has 4 aromatic carbocycles. The summed E-state index contributed by atoms with van der Waals surface area (Å²) >= 11 is 0. The number of carbonyl (C=O) groups excluding carboxylic acids is 1. The van der Waals surface area contributed by atoms with Crippen LogP contribution in [0.3, 0.4) is 0 Å². The third-order valence-electron chi connectivity index (χ3n) is 7.18. The molecule has 0 aliphatic rings. The van der Waals surface area contributed by atoms with E-state index < -0.39 is 5.97 Å². The lowest BCUT2D eigenvalue weighted by Gasteiger charge is -2.10. The van der Waals surface area contributed by atoms with Gasteiger partial charge < -0.3 is 19.0 Å². The van der Waals surface area contributed by atoms with E-state index in [4.69, 9.17) is 19.0 Å². The van der Waals surface area contributed by atoms with E-state index in [-0.39, 0.29) is 5.71 Å². The van der Waals surface area contributed by atoms with Crippen molar-refractivity contribution in [1.29, 1.82) is 0 Å². The molecule has 2 heterocycles. The van der Waals surface area contributed by atoms with Crippen LogP contribution in [0.5, 0.6) is 17.2 Å². The summed E-state index contributed by atoms with van der Waals surface area (Å²) in [5, 5.41) is 3.91. The van der Waals surface area contributed by atoms with Crippen LogP contribution in [0.1, 0.15) is 17.0 Å². The van der Waals surface area contributed by atoms with Gasteiger partial charge in [0.15, 0.2) is 5.71 Å². The van der Waals surface area contributed by atoms with Crippen LogP contribution in [0.15, 0.2) is 151 Å². The van der Waals surface area contributed by atoms with Gasteiger partial charge in [-0.1, -0.05) is 78.0 Å². The van der Waals surface area contributed by atoms with Crippen LogP contribution in [-0.2, 0) is 22.8 Å². The summed E-state index contributed by atoms with van der Waals surface area (Å²) in [5.74, 6) is 0.898. The molecule has 47 heavy (non-hydrogen) atoms. The Balaban J connectivity index is 1.01. The van der Waals surface area contributed by atoms with Crippen molar-refractivity contribution >= 4 is 11.7 Å². The predicted octanol–water partition coefficient (Wildman–Crippen LogP) is 7.92. The largest absolute Gasteiger partial charge is 0.487 e. The number of pyridine rings is 2. The van der Waals surface area contributed by atoms with Crippen molar-refractivity contribution in [3.05, 3.63) is 163 Å². The highest BCUT2D eigenvalue weighted by molar-refractivity contribution is 6.43. The van der Waals surface area contributed by atoms with Gasteiger partial charge in [0.25, 0.3) is 0 Å². The number of hydrogen-bond acceptors (Lipinski definition) is 8. The van der Waals surface area contributed by atoms with Crippen molar-refractivity contribution in [2.45, 2.75) is 13.2 Å². The molecular formula is C39H31N3O5. The third kappa shape index (κ3) is 8.26. The van der Waals surface area contributed by atoms with Crippen molar-refractivity contribution in [3.63, 3.8) is 0 Å². The van der Waals surface area contributed by atoms with Gasteiger partial charge in [-0.25, -0.2) is 4.79 Å². The zero-order valence-corrected chi connectivity index (χ0v) is 25.7. The third-order valence-corrected chi connectivity index (χ3v) is 7.18. The molecule has 0 spiro atoms. The number of oxime groups is 1. The smallest absolute Gasteiger partial charge is 0.366 e. The Morgan fingerprint density at radius 3 is 1.47 bits per heavy atom. The highest BCUT2D eigenvalue weighted by atomic mass is 16.6. The van der Waals surface area contributed by atoms with Gasteiger partial charge in [0.2, 0.25) is 0 Å². The second kappa shape index (κ2) is 15.1. The molecule has 8 heteroatoms. The van der Waals surface area contributed by atoms with Crippen molar-refractivity contribution in [2.24, 2.45) is 5.16 Å². The zero-order chi connectivity index (χ0) is 32.3. The molecule has 0 bridgehead atoms. The number of rotatable bonds is 12. The highest BCUT2D eigenvalue weighted by Crippen LogP contribution is 2.22. The summed E-state index contributed by atoms with van der Waals surface area (Å²) in [6.07, 6.45) is 3.67. The van der Waals surface area contributed by atoms with E-state index in [1.807, 2.05) is 97.3 Å². The van der Waals surface area contributed by atoms with Crippen LogP contribution in [0.25, 0.3) is 22.3 Å². The summed E-state index contributed by atoms with van der Waals surface area (Å²) in [6.45, 7) is 0.599. The van der Waals surface area contributed by atoms with Crippen molar-refractivity contribution in [2.75, 3.05) is 7.11 Å². The van der Waals surface area contributed by atoms with Gasteiger partial charge in [-0.2, -0.15) is 0 Å². The van der Waals surface area contributed by atoms with E-state index in [0.717, 1.165) is 33.6 Å². The first-order chi connectivity index (χ1) is 23.1. The minimum absolute atomic E-state index is 0.0163. The van der Waals surface area contributed by atoms with E-state index in [0.29, 0.717) is 36.0 Å². The van der Waals surface area contributed by atoms with Crippen LogP contribution in [0.2, 0.25) is 0 Å². The van der Waals surface area contributed by atoms with E-state index >= 15 is 0 Å². The zero-order valence-electron chi connectivity index (χ0n) is 25.7. The normalized spacial score (nSPS) is 11.0. The fraction of sp³-hybridized carbons (Fsp3) is 0.0769. The predicted molar refractivity (Wildman–Crippen MR) is 180 cm³/mol. The average molecular weight is 622 g/mol. The lowest BCUT2D eigenvalue weighted by Crippen LogP contribution is -2.22. The average Bonchev–Trinajstić information content (AvgIpc) is 3.14. The number of benzene rings is 4. The second-order valence-corrected chi connectivity index (χ2v) is 10.4. The first-order valence-electron chi connectivity index (χ1n) is 14.9. The number of hydrogen-bond donors (Lipinski definition) is 0. The van der Waals surface area contributed by atoms with Gasteiger partial charge in [0.05, 0.1) is 11.4 Å². The molecule has 8 nitrogen and oxygen atoms in total. The maximum Gasteiger partial charge on any atom is 0.366 e. The molecule has 0 saturated heterocycles. The standard InChI is InChI=1S/C39H31N3O5/c1-44-42-38(30-14-18-35(19-15-30)45-26-33-16-12-31(24-40-33)28-8-4-2-5-9-28)39(43)47-37-22-20-36(21-23-37)46-27-34-17-13-32(25-41-34)29-10-6-3-7-11-29/h2-25H,26-27H2,1H3. The quantitative estimate of drug-likeness (QED) is 0.0593. The summed E-state index contributed by atoms with van der Waals surface area (Å²) < 4.78 is 17.4. The Labute approximate surface area is 272 Å². The summed E-state index contributed by atoms with van der Waals surface area (Å²) in [7, 11) is 1.37. The number of carbonyl (C=O) groups is 1. The molecule has 0 saturated carbocycles. The maximum absolute atomic E-state index is 13.0. The molecule has 0 radical (unpaired) electrons. The van der Waals surface area contributed by atoms with Crippen LogP contribution in [-0.4, -0.2) is 28.8 Å². The molecular weight excluding hydrogens is 590 g/mol. The molecule has 0 N–H and O–H groups in total. The lowest BCUT2D eigenvalue weighted by molar-refractivity contribution is -0.127. The number of aromatic nitrogens is 2. The Morgan fingerprint density at radius 2 is 1.02 bits per heavy atom. The summed E-state index contributed by atoms with van der Waals surface area (Å²) in [5.41, 5.74) is 6.42. The van der Waals surface area contributed by atoms with Gasteiger partial charge in [0.1, 0.15) is 37.6 Å². The van der Waals surface area contributed by atoms with Crippen LogP contribution < -0.4 is 14.2 Å². The SMILES string of the molecule is CON=C(C(=O)Oc1ccc(OCc2ccc(-c3ccccc3)cn2)cc1)c1ccc(OCc2ccc(-c3ccccc3)cn2)cc1. The molecule has 0 unspecified atom stereocenters. The minimum atomic E-state index is -0.667. The Bertz CT molecular complexity index is 1910. The minimum Gasteiger partial charge on any atom is -0.487 e. The van der Waals surface area contributed by atoms with Gasteiger partial charge in [-0.05, 0) is 71.8 Å². The lowest BCUT2D eigenvalue weighted by atomic mass is 10.1. The Hall–Kier alpha value is -6.28. The summed E-state index contributed by atoms with van der Waals surface area (Å²) in [4.78, 5) is 27.0. The van der Waals surface area contributed by atoms with Crippen LogP contribution >= 0.6 is 0 Å². The molecule has 0 fully saturated rings. The van der Waals surface area contributed by atoms with Gasteiger partial charge in [-0.3, -0.25) is 9.97 Å². The molecule has 6 rings (SSSR count). The maximum atomic E-state index is 13.0. The second-order valence-electron chi connectivity index (χ2n) is 10.4. The Morgan fingerprint density at radius 1 is 0.553 bits per heavy atom. The molecule has 0 atom stereocenters. The first kappa shape index (κ1) is 30.7. The van der Waals surface area contributed by atoms with E-state index in [1.54, 1.807) is 48.5 Å². The number of nitrogens with zero attached hydrogens (tertiary/aromatic N) is 3. The van der Waals surface area contributed by atoms with E-state index in [1.165, 1.54) is 7.11 Å². The van der Waals surface area contributed by atoms with Crippen LogP contribution in [0, 0.1) is 0 Å². The highest BCUT2D eigenvalue weighted by Gasteiger charge is 2.18. The fourth-order valence-corrected chi connectivity index (χ4v) is 4.70. The molecule has 0 amide bonds. The van der Waals surface area contributed by atoms with Gasteiger partial charge in [0, 0.05) is 29.1 Å². The first-order valence-corrected chi connectivity index (χ1v) is 14.9. The van der Waals surface area contributed by atoms with E-state index in [9.17, 15) is 4.79 Å². The molecule has 6 aromatic rings. The van der Waals surface area contributed by atoms with Crippen molar-refractivity contribution < 1.29 is 23.8 Å². The molecule has 2 aromatic heterocycles. The fourth-order valence-electron chi connectivity index (χ4n) is 4.70. The van der Waals surface area contributed by atoms with Crippen molar-refractivity contribution in [1.82, 2.24) is 9.97 Å². The molecule has 232 valence electrons. The van der Waals surface area contributed by atoms with E-state index in [2.05, 4.69) is 15.1 Å². The van der Waals surface area contributed by atoms with Crippen molar-refractivity contribution in [3.8, 4) is 39.5 Å². The summed E-state index contributed by atoms with van der Waals surface area (Å²) in [6, 6.07) is 41.8. The number of ether oxygens (including phenoxy) is 3. The molecule has 0 aliphatic carbocycles. The van der Waals surface area contributed by atoms with Crippen LogP contribution in [0.4, 0.5) is 0 Å². The monoisotopic (exact) mass is 621 g/mol. The van der Waals surface area contributed by atoms with Gasteiger partial charge >= 0.3 is 5.97 Å².